The normalized spacial score (nSPS) is 10.9. The van der Waals surface area contributed by atoms with E-state index < -0.39 is 0 Å². The minimum atomic E-state index is 0.894. The minimum Gasteiger partial charge on any atom is -0.277 e. The van der Waals surface area contributed by atoms with Crippen LogP contribution in [0.2, 0.25) is 0 Å². The molecular formula is C7H4BrIN2S. The summed E-state index contributed by atoms with van der Waals surface area (Å²) < 4.78 is 3.88. The maximum absolute atomic E-state index is 4.24. The highest BCUT2D eigenvalue weighted by molar-refractivity contribution is 14.1. The molecule has 12 heavy (non-hydrogen) atoms. The monoisotopic (exact) mass is 354 g/mol. The average Bonchev–Trinajstić information content (AvgIpc) is 2.28. The van der Waals surface area contributed by atoms with E-state index in [1.54, 1.807) is 10.2 Å². The Morgan fingerprint density at radius 2 is 2.33 bits per heavy atom. The molecular weight excluding hydrogens is 351 g/mol. The second-order valence-corrected chi connectivity index (χ2v) is 4.86. The molecule has 2 heterocycles. The van der Waals surface area contributed by atoms with Crippen LogP contribution in [0, 0.1) is 3.57 Å². The van der Waals surface area contributed by atoms with Gasteiger partial charge in [0.05, 0.1) is 0 Å². The lowest BCUT2D eigenvalue weighted by Crippen LogP contribution is -1.80. The number of nitrogens with zero attached hydrogens (tertiary/aromatic N) is 2. The van der Waals surface area contributed by atoms with Gasteiger partial charge in [0.15, 0.2) is 5.65 Å². The summed E-state index contributed by atoms with van der Waals surface area (Å²) in [6, 6.07) is 2.04. The summed E-state index contributed by atoms with van der Waals surface area (Å²) in [5, 5.41) is 1.12. The van der Waals surface area contributed by atoms with E-state index in [0.717, 1.165) is 19.1 Å². The minimum absolute atomic E-state index is 0.894. The van der Waals surface area contributed by atoms with Crippen molar-refractivity contribution < 1.29 is 0 Å². The van der Waals surface area contributed by atoms with Crippen LogP contribution < -0.4 is 0 Å². The van der Waals surface area contributed by atoms with Crippen LogP contribution >= 0.6 is 51.3 Å². The third-order valence-electron chi connectivity index (χ3n) is 1.54. The van der Waals surface area contributed by atoms with E-state index in [-0.39, 0.29) is 0 Å². The first-order valence-electron chi connectivity index (χ1n) is 3.20. The van der Waals surface area contributed by atoms with Crippen molar-refractivity contribution in [2.45, 2.75) is 0 Å². The summed E-state index contributed by atoms with van der Waals surface area (Å²) in [4.78, 5) is 4.24. The van der Waals surface area contributed by atoms with Crippen molar-refractivity contribution in [3.8, 4) is 0 Å². The lowest BCUT2D eigenvalue weighted by Gasteiger charge is -1.93. The van der Waals surface area contributed by atoms with Crippen molar-refractivity contribution in [1.29, 1.82) is 0 Å². The molecule has 0 aliphatic carbocycles. The lowest BCUT2D eigenvalue weighted by atomic mass is 10.3. The molecule has 0 saturated heterocycles. The average molecular weight is 355 g/mol. The molecule has 0 aromatic carbocycles. The predicted octanol–water partition coefficient (Wildman–Crippen LogP) is 3.10. The van der Waals surface area contributed by atoms with Crippen LogP contribution in [0.25, 0.3) is 11.0 Å². The van der Waals surface area contributed by atoms with Gasteiger partial charge >= 0.3 is 0 Å². The summed E-state index contributed by atoms with van der Waals surface area (Å²) in [6.45, 7) is 0. The number of hydrogen-bond acceptors (Lipinski definition) is 2. The first-order valence-corrected chi connectivity index (χ1v) is 5.47. The van der Waals surface area contributed by atoms with Gasteiger partial charge in [-0.05, 0) is 44.6 Å². The smallest absolute Gasteiger partial charge is 0.150 e. The molecule has 0 aliphatic heterocycles. The number of halogens is 2. The first-order chi connectivity index (χ1) is 5.68. The number of aromatic nitrogens is 2. The number of fused-ring (bicyclic) bond motifs is 1. The van der Waals surface area contributed by atoms with Crippen molar-refractivity contribution in [2.75, 3.05) is 0 Å². The van der Waals surface area contributed by atoms with Crippen molar-refractivity contribution in [3.05, 3.63) is 26.5 Å². The lowest BCUT2D eigenvalue weighted by molar-refractivity contribution is 1.26. The van der Waals surface area contributed by atoms with Crippen LogP contribution in [-0.4, -0.2) is 8.96 Å². The van der Waals surface area contributed by atoms with Crippen LogP contribution in [0.1, 0.15) is 0 Å². The van der Waals surface area contributed by atoms with Gasteiger partial charge in [0.2, 0.25) is 0 Å². The molecule has 0 atom stereocenters. The topological polar surface area (TPSA) is 17.8 Å². The van der Waals surface area contributed by atoms with Gasteiger partial charge in [-0.1, -0.05) is 12.8 Å². The van der Waals surface area contributed by atoms with Crippen LogP contribution in [0.15, 0.2) is 22.9 Å². The molecule has 2 aromatic heterocycles. The number of hydrogen-bond donors (Lipinski definition) is 1. The van der Waals surface area contributed by atoms with Crippen LogP contribution in [-0.2, 0) is 0 Å². The highest BCUT2D eigenvalue weighted by Crippen LogP contribution is 2.24. The van der Waals surface area contributed by atoms with Gasteiger partial charge in [-0.3, -0.25) is 3.97 Å². The van der Waals surface area contributed by atoms with Crippen molar-refractivity contribution >= 4 is 62.4 Å². The second-order valence-electron chi connectivity index (χ2n) is 2.35. The first kappa shape index (κ1) is 8.83. The molecule has 0 N–H and O–H groups in total. The third kappa shape index (κ3) is 1.38. The Kier molecular flexibility index (Phi) is 2.35. The highest BCUT2D eigenvalue weighted by Gasteiger charge is 2.05. The Morgan fingerprint density at radius 3 is 3.08 bits per heavy atom. The maximum atomic E-state index is 4.24. The Balaban J connectivity index is 2.90. The Labute approximate surface area is 97.2 Å². The van der Waals surface area contributed by atoms with E-state index in [2.05, 4.69) is 56.3 Å². The molecule has 2 rings (SSSR count). The molecule has 5 heteroatoms. The summed E-state index contributed by atoms with van der Waals surface area (Å²) in [5.74, 6) is 0. The largest absolute Gasteiger partial charge is 0.277 e. The SMILES string of the molecule is Sn1cc(I)c2cc(Br)cnc21. The standard InChI is InChI=1S/C7H4BrIN2S/c8-4-1-5-6(9)3-11(12)7(5)10-2-4/h1-3,12H. The predicted molar refractivity (Wildman–Crippen MR) is 64.5 cm³/mol. The van der Waals surface area contributed by atoms with E-state index in [0.29, 0.717) is 0 Å². The molecule has 62 valence electrons. The second kappa shape index (κ2) is 3.19. The van der Waals surface area contributed by atoms with Gasteiger partial charge in [-0.2, -0.15) is 0 Å². The van der Waals surface area contributed by atoms with Crippen LogP contribution in [0.4, 0.5) is 0 Å². The van der Waals surface area contributed by atoms with Gasteiger partial charge in [0, 0.05) is 25.8 Å². The molecule has 0 spiro atoms. The zero-order valence-electron chi connectivity index (χ0n) is 5.83. The van der Waals surface area contributed by atoms with Gasteiger partial charge in [-0.25, -0.2) is 4.98 Å². The molecule has 0 aliphatic rings. The molecule has 0 radical (unpaired) electrons. The molecule has 2 aromatic rings. The van der Waals surface area contributed by atoms with Crippen molar-refractivity contribution in [1.82, 2.24) is 8.96 Å². The molecule has 0 unspecified atom stereocenters. The molecule has 0 fully saturated rings. The van der Waals surface area contributed by atoms with Crippen LogP contribution in [0.3, 0.4) is 0 Å². The van der Waals surface area contributed by atoms with Gasteiger partial charge < -0.3 is 0 Å². The quantitative estimate of drug-likeness (QED) is 0.568. The van der Waals surface area contributed by atoms with E-state index in [9.17, 15) is 0 Å². The number of thiol groups is 1. The summed E-state index contributed by atoms with van der Waals surface area (Å²) in [6.07, 6.45) is 3.71. The van der Waals surface area contributed by atoms with E-state index in [4.69, 9.17) is 0 Å². The summed E-state index contributed by atoms with van der Waals surface area (Å²) in [5.41, 5.74) is 0.894. The summed E-state index contributed by atoms with van der Waals surface area (Å²) >= 11 is 9.88. The fourth-order valence-corrected chi connectivity index (χ4v) is 2.53. The molecule has 2 nitrogen and oxygen atoms in total. The fraction of sp³-hybridized carbons (Fsp3) is 0. The van der Waals surface area contributed by atoms with E-state index in [1.807, 2.05) is 12.3 Å². The summed E-state index contributed by atoms with van der Waals surface area (Å²) in [7, 11) is 0. The van der Waals surface area contributed by atoms with Crippen molar-refractivity contribution in [3.63, 3.8) is 0 Å². The number of rotatable bonds is 0. The van der Waals surface area contributed by atoms with Gasteiger partial charge in [-0.15, -0.1) is 0 Å². The van der Waals surface area contributed by atoms with Gasteiger partial charge in [0.25, 0.3) is 0 Å². The number of pyridine rings is 1. The Bertz CT molecular complexity index is 440. The Morgan fingerprint density at radius 1 is 1.58 bits per heavy atom. The van der Waals surface area contributed by atoms with Crippen molar-refractivity contribution in [2.24, 2.45) is 0 Å². The molecule has 0 bridgehead atoms. The fourth-order valence-electron chi connectivity index (χ4n) is 1.03. The zero-order valence-corrected chi connectivity index (χ0v) is 10.5. The maximum Gasteiger partial charge on any atom is 0.150 e. The van der Waals surface area contributed by atoms with E-state index >= 15 is 0 Å². The molecule has 0 saturated carbocycles. The molecule has 0 amide bonds. The Hall–Kier alpha value is 0.250. The van der Waals surface area contributed by atoms with Gasteiger partial charge in [0.1, 0.15) is 0 Å². The third-order valence-corrected chi connectivity index (χ3v) is 3.14. The van der Waals surface area contributed by atoms with E-state index in [1.165, 1.54) is 0 Å². The zero-order chi connectivity index (χ0) is 8.72. The van der Waals surface area contributed by atoms with Crippen LogP contribution in [0.5, 0.6) is 0 Å². The highest BCUT2D eigenvalue weighted by atomic mass is 127.